The van der Waals surface area contributed by atoms with Crippen molar-refractivity contribution in [1.29, 1.82) is 0 Å². The lowest BCUT2D eigenvalue weighted by atomic mass is 10.2. The average molecular weight is 239 g/mol. The van der Waals surface area contributed by atoms with Crippen LogP contribution in [0.1, 0.15) is 16.8 Å². The van der Waals surface area contributed by atoms with E-state index in [9.17, 15) is 4.79 Å². The third-order valence-electron chi connectivity index (χ3n) is 2.20. The van der Waals surface area contributed by atoms with Gasteiger partial charge in [0.15, 0.2) is 0 Å². The molecule has 0 bridgehead atoms. The summed E-state index contributed by atoms with van der Waals surface area (Å²) < 4.78 is 14.9. The second-order valence-electron chi connectivity index (χ2n) is 3.44. The molecule has 0 heterocycles. The number of ether oxygens (including phenoxy) is 3. The number of rotatable bonds is 6. The van der Waals surface area contributed by atoms with Crippen LogP contribution in [0.5, 0.6) is 5.75 Å². The highest BCUT2D eigenvalue weighted by Crippen LogP contribution is 2.22. The van der Waals surface area contributed by atoms with Gasteiger partial charge in [-0.3, -0.25) is 0 Å². The van der Waals surface area contributed by atoms with Gasteiger partial charge in [-0.1, -0.05) is 0 Å². The van der Waals surface area contributed by atoms with Gasteiger partial charge < -0.3 is 19.9 Å². The number of carbonyl (C=O) groups is 1. The molecule has 0 fully saturated rings. The molecule has 2 N–H and O–H groups in total. The molecular weight excluding hydrogens is 222 g/mol. The first-order chi connectivity index (χ1) is 8.19. The maximum atomic E-state index is 11.6. The quantitative estimate of drug-likeness (QED) is 0.462. The van der Waals surface area contributed by atoms with Crippen LogP contribution in [0.3, 0.4) is 0 Å². The highest BCUT2D eigenvalue weighted by Gasteiger charge is 2.09. The normalized spacial score (nSPS) is 10.0. The molecule has 0 amide bonds. The number of carbonyl (C=O) groups excluding carboxylic acids is 1. The molecule has 0 aliphatic rings. The summed E-state index contributed by atoms with van der Waals surface area (Å²) in [5.74, 6) is 0.0794. The molecule has 94 valence electrons. The molecule has 0 atom stereocenters. The molecule has 0 radical (unpaired) electrons. The molecule has 1 aromatic rings. The number of nitrogen functional groups attached to an aromatic ring is 1. The Labute approximate surface area is 100 Å². The molecule has 5 nitrogen and oxygen atoms in total. The Morgan fingerprint density at radius 3 is 2.71 bits per heavy atom. The highest BCUT2D eigenvalue weighted by atomic mass is 16.5. The number of hydrogen-bond acceptors (Lipinski definition) is 5. The Morgan fingerprint density at radius 2 is 2.06 bits per heavy atom. The second kappa shape index (κ2) is 6.75. The summed E-state index contributed by atoms with van der Waals surface area (Å²) in [6.45, 7) is 0.901. The van der Waals surface area contributed by atoms with Crippen molar-refractivity contribution < 1.29 is 19.0 Å². The van der Waals surface area contributed by atoms with Gasteiger partial charge in [0.1, 0.15) is 5.75 Å². The summed E-state index contributed by atoms with van der Waals surface area (Å²) in [5, 5.41) is 0. The molecule has 0 aliphatic carbocycles. The van der Waals surface area contributed by atoms with Crippen molar-refractivity contribution in [2.75, 3.05) is 33.2 Å². The Kier molecular flexibility index (Phi) is 5.29. The first-order valence-corrected chi connectivity index (χ1v) is 5.28. The molecule has 17 heavy (non-hydrogen) atoms. The van der Waals surface area contributed by atoms with E-state index in [-0.39, 0.29) is 5.97 Å². The number of anilines is 1. The molecule has 1 aromatic carbocycles. The van der Waals surface area contributed by atoms with Gasteiger partial charge in [0, 0.05) is 20.1 Å². The van der Waals surface area contributed by atoms with E-state index in [1.54, 1.807) is 25.3 Å². The molecule has 0 saturated heterocycles. The van der Waals surface area contributed by atoms with Gasteiger partial charge in [-0.15, -0.1) is 0 Å². The molecule has 1 rings (SSSR count). The number of esters is 1. The zero-order chi connectivity index (χ0) is 12.7. The van der Waals surface area contributed by atoms with Crippen molar-refractivity contribution in [3.63, 3.8) is 0 Å². The van der Waals surface area contributed by atoms with Crippen LogP contribution in [0.4, 0.5) is 5.69 Å². The summed E-state index contributed by atoms with van der Waals surface area (Å²) in [5.41, 5.74) is 6.56. The standard InChI is InChI=1S/C12H17NO4/c1-15-6-3-7-17-12(14)9-4-5-10(13)11(8-9)16-2/h4-5,8H,3,6-7,13H2,1-2H3. The van der Waals surface area contributed by atoms with Crippen molar-refractivity contribution in [1.82, 2.24) is 0 Å². The van der Waals surface area contributed by atoms with E-state index in [1.807, 2.05) is 0 Å². The molecule has 0 aliphatic heterocycles. The summed E-state index contributed by atoms with van der Waals surface area (Å²) in [6.07, 6.45) is 0.675. The Morgan fingerprint density at radius 1 is 1.29 bits per heavy atom. The summed E-state index contributed by atoms with van der Waals surface area (Å²) >= 11 is 0. The third-order valence-corrected chi connectivity index (χ3v) is 2.20. The van der Waals surface area contributed by atoms with E-state index in [1.165, 1.54) is 7.11 Å². The number of methoxy groups -OCH3 is 2. The predicted molar refractivity (Wildman–Crippen MR) is 64.2 cm³/mol. The Hall–Kier alpha value is -1.75. The lowest BCUT2D eigenvalue weighted by Gasteiger charge is -2.07. The molecule has 0 spiro atoms. The number of nitrogens with two attached hydrogens (primary N) is 1. The van der Waals surface area contributed by atoms with Crippen LogP contribution in [-0.4, -0.2) is 33.4 Å². The molecular formula is C12H17NO4. The fourth-order valence-corrected chi connectivity index (χ4v) is 1.29. The van der Waals surface area contributed by atoms with Crippen molar-refractivity contribution >= 4 is 11.7 Å². The first-order valence-electron chi connectivity index (χ1n) is 5.28. The van der Waals surface area contributed by atoms with E-state index in [0.29, 0.717) is 36.6 Å². The van der Waals surface area contributed by atoms with Crippen molar-refractivity contribution in [2.45, 2.75) is 6.42 Å². The molecule has 0 saturated carbocycles. The topological polar surface area (TPSA) is 70.8 Å². The van der Waals surface area contributed by atoms with Crippen molar-refractivity contribution in [3.05, 3.63) is 23.8 Å². The van der Waals surface area contributed by atoms with Gasteiger partial charge in [0.25, 0.3) is 0 Å². The van der Waals surface area contributed by atoms with Crippen molar-refractivity contribution in [2.24, 2.45) is 0 Å². The van der Waals surface area contributed by atoms with Crippen LogP contribution >= 0.6 is 0 Å². The fraction of sp³-hybridized carbons (Fsp3) is 0.417. The van der Waals surface area contributed by atoms with Crippen molar-refractivity contribution in [3.8, 4) is 5.75 Å². The van der Waals surface area contributed by atoms with Gasteiger partial charge in [0.2, 0.25) is 0 Å². The Bertz CT molecular complexity index is 379. The summed E-state index contributed by atoms with van der Waals surface area (Å²) in [7, 11) is 3.10. The van der Waals surface area contributed by atoms with Crippen LogP contribution in [0.25, 0.3) is 0 Å². The SMILES string of the molecule is COCCCOC(=O)c1ccc(N)c(OC)c1. The monoisotopic (exact) mass is 239 g/mol. The lowest BCUT2D eigenvalue weighted by molar-refractivity contribution is 0.0468. The molecule has 0 aromatic heterocycles. The maximum absolute atomic E-state index is 11.6. The average Bonchev–Trinajstić information content (AvgIpc) is 2.35. The lowest BCUT2D eigenvalue weighted by Crippen LogP contribution is -2.08. The minimum Gasteiger partial charge on any atom is -0.495 e. The fourth-order valence-electron chi connectivity index (χ4n) is 1.29. The van der Waals surface area contributed by atoms with Crippen LogP contribution in [0.2, 0.25) is 0 Å². The smallest absolute Gasteiger partial charge is 0.338 e. The van der Waals surface area contributed by atoms with E-state index in [2.05, 4.69) is 0 Å². The minimum absolute atomic E-state index is 0.333. The highest BCUT2D eigenvalue weighted by molar-refractivity contribution is 5.90. The largest absolute Gasteiger partial charge is 0.495 e. The molecule has 5 heteroatoms. The van der Waals surface area contributed by atoms with Gasteiger partial charge in [-0.25, -0.2) is 4.79 Å². The van der Waals surface area contributed by atoms with Gasteiger partial charge in [0.05, 0.1) is 25.0 Å². The van der Waals surface area contributed by atoms with Crippen LogP contribution in [-0.2, 0) is 9.47 Å². The predicted octanol–water partition coefficient (Wildman–Crippen LogP) is 1.47. The first kappa shape index (κ1) is 13.3. The van der Waals surface area contributed by atoms with Crippen LogP contribution < -0.4 is 10.5 Å². The van der Waals surface area contributed by atoms with E-state index < -0.39 is 0 Å². The van der Waals surface area contributed by atoms with Crippen LogP contribution in [0, 0.1) is 0 Å². The van der Waals surface area contributed by atoms with Gasteiger partial charge in [-0.05, 0) is 18.2 Å². The zero-order valence-electron chi connectivity index (χ0n) is 10.1. The number of hydrogen-bond donors (Lipinski definition) is 1. The van der Waals surface area contributed by atoms with Crippen LogP contribution in [0.15, 0.2) is 18.2 Å². The minimum atomic E-state index is -0.389. The maximum Gasteiger partial charge on any atom is 0.338 e. The van der Waals surface area contributed by atoms with Gasteiger partial charge in [-0.2, -0.15) is 0 Å². The Balaban J connectivity index is 2.57. The van der Waals surface area contributed by atoms with E-state index in [4.69, 9.17) is 19.9 Å². The number of benzene rings is 1. The molecule has 0 unspecified atom stereocenters. The second-order valence-corrected chi connectivity index (χ2v) is 3.44. The zero-order valence-corrected chi connectivity index (χ0v) is 10.1. The van der Waals surface area contributed by atoms with E-state index >= 15 is 0 Å². The third kappa shape index (κ3) is 3.96. The van der Waals surface area contributed by atoms with E-state index in [0.717, 1.165) is 0 Å². The summed E-state index contributed by atoms with van der Waals surface area (Å²) in [4.78, 5) is 11.6. The van der Waals surface area contributed by atoms with Gasteiger partial charge >= 0.3 is 5.97 Å². The summed E-state index contributed by atoms with van der Waals surface area (Å²) in [6, 6.07) is 4.79.